The van der Waals surface area contributed by atoms with E-state index in [1.807, 2.05) is 4.90 Å². The molecule has 0 radical (unpaired) electrons. The highest BCUT2D eigenvalue weighted by Crippen LogP contribution is 2.62. The summed E-state index contributed by atoms with van der Waals surface area (Å²) in [4.78, 5) is 16.0. The third-order valence-corrected chi connectivity index (χ3v) is 6.37. The molecule has 1 amide bonds. The van der Waals surface area contributed by atoms with E-state index in [-0.39, 0.29) is 29.2 Å². The van der Waals surface area contributed by atoms with Crippen LogP contribution in [0, 0.1) is 22.6 Å². The molecule has 1 aliphatic heterocycles. The number of aromatic nitrogens is 4. The fourth-order valence-electron chi connectivity index (χ4n) is 5.11. The van der Waals surface area contributed by atoms with Gasteiger partial charge in [0.25, 0.3) is 0 Å². The molecule has 1 aliphatic carbocycles. The first-order chi connectivity index (χ1) is 13.3. The molecule has 2 fully saturated rings. The molecule has 1 saturated carbocycles. The Morgan fingerprint density at radius 3 is 2.71 bits per heavy atom. The molecule has 2 heterocycles. The van der Waals surface area contributed by atoms with Crippen LogP contribution in [0.3, 0.4) is 0 Å². The summed E-state index contributed by atoms with van der Waals surface area (Å²) in [5, 5.41) is 22.1. The highest BCUT2D eigenvalue weighted by molar-refractivity contribution is 5.76. The topological polar surface area (TPSA) is 84.1 Å². The van der Waals surface area contributed by atoms with Crippen LogP contribution in [0.15, 0.2) is 24.3 Å². The quantitative estimate of drug-likeness (QED) is 0.821. The van der Waals surface area contributed by atoms with Crippen molar-refractivity contribution in [1.82, 2.24) is 25.1 Å². The van der Waals surface area contributed by atoms with Gasteiger partial charge in [0.2, 0.25) is 11.7 Å². The molecule has 2 atom stereocenters. The molecule has 1 aromatic heterocycles. The first-order valence-electron chi connectivity index (χ1n) is 9.75. The van der Waals surface area contributed by atoms with E-state index in [0.717, 1.165) is 13.0 Å². The average Bonchev–Trinajstić information content (AvgIpc) is 3.25. The Morgan fingerprint density at radius 2 is 2.07 bits per heavy atom. The lowest BCUT2D eigenvalue weighted by Gasteiger charge is -2.55. The molecular weight excluding hydrogens is 361 g/mol. The summed E-state index contributed by atoms with van der Waals surface area (Å²) < 4.78 is 13.0. The average molecular weight is 387 g/mol. The Morgan fingerprint density at radius 1 is 1.32 bits per heavy atom. The van der Waals surface area contributed by atoms with E-state index in [1.165, 1.54) is 16.9 Å². The number of hydrogen-bond donors (Lipinski definition) is 1. The van der Waals surface area contributed by atoms with Crippen molar-refractivity contribution < 1.29 is 14.3 Å². The zero-order valence-corrected chi connectivity index (χ0v) is 16.3. The summed E-state index contributed by atoms with van der Waals surface area (Å²) in [5.41, 5.74) is 0.795. The van der Waals surface area contributed by atoms with Crippen molar-refractivity contribution in [2.75, 3.05) is 19.7 Å². The number of hydrogen-bond acceptors (Lipinski definition) is 5. The van der Waals surface area contributed by atoms with Crippen molar-refractivity contribution in [2.24, 2.45) is 16.7 Å². The van der Waals surface area contributed by atoms with Crippen LogP contribution in [-0.2, 0) is 11.3 Å². The molecule has 1 saturated heterocycles. The van der Waals surface area contributed by atoms with E-state index in [4.69, 9.17) is 0 Å². The number of benzene rings is 1. The molecule has 2 aliphatic rings. The van der Waals surface area contributed by atoms with E-state index < -0.39 is 0 Å². The lowest BCUT2D eigenvalue weighted by Crippen LogP contribution is -2.54. The van der Waals surface area contributed by atoms with Crippen LogP contribution in [-0.4, -0.2) is 55.8 Å². The van der Waals surface area contributed by atoms with Crippen LogP contribution in [0.25, 0.3) is 11.4 Å². The highest BCUT2D eigenvalue weighted by Gasteiger charge is 2.62. The van der Waals surface area contributed by atoms with Crippen molar-refractivity contribution in [3.8, 4) is 11.4 Å². The zero-order chi connectivity index (χ0) is 19.9. The fourth-order valence-corrected chi connectivity index (χ4v) is 5.11. The maximum absolute atomic E-state index is 13.0. The molecule has 150 valence electrons. The Kier molecular flexibility index (Phi) is 4.69. The lowest BCUT2D eigenvalue weighted by molar-refractivity contribution is -0.130. The summed E-state index contributed by atoms with van der Waals surface area (Å²) in [6.07, 6.45) is 2.01. The highest BCUT2D eigenvalue weighted by atomic mass is 19.1. The molecule has 8 heteroatoms. The number of fused-ring (bicyclic) bond motifs is 1. The van der Waals surface area contributed by atoms with Gasteiger partial charge in [-0.3, -0.25) is 4.79 Å². The number of amides is 1. The Hall–Kier alpha value is -2.35. The molecule has 0 spiro atoms. The third-order valence-electron chi connectivity index (χ3n) is 6.37. The first kappa shape index (κ1) is 19.0. The molecule has 1 N–H and O–H groups in total. The van der Waals surface area contributed by atoms with Gasteiger partial charge in [-0.15, -0.1) is 10.2 Å². The van der Waals surface area contributed by atoms with Gasteiger partial charge in [0.15, 0.2) is 0 Å². The molecular formula is C20H26FN5O2. The number of tetrazole rings is 1. The summed E-state index contributed by atoms with van der Waals surface area (Å²) in [6, 6.07) is 5.94. The lowest BCUT2D eigenvalue weighted by atomic mass is 9.48. The predicted octanol–water partition coefficient (Wildman–Crippen LogP) is 2.13. The zero-order valence-electron chi connectivity index (χ0n) is 16.3. The minimum absolute atomic E-state index is 0.101. The molecule has 0 unspecified atom stereocenters. The molecule has 1 aromatic carbocycles. The number of nitrogens with zero attached hydrogens (tertiary/aromatic N) is 5. The van der Waals surface area contributed by atoms with Crippen molar-refractivity contribution >= 4 is 5.91 Å². The Labute approximate surface area is 163 Å². The number of likely N-dealkylation sites (tertiary alicyclic amines) is 1. The SMILES string of the molecule is CC1(C)C[C@]2(CO)CN(C(=O)CCCn3nnc(-c4ccc(F)cc4)n3)C[C@H]12. The number of aryl methyl sites for hydroxylation is 1. The van der Waals surface area contributed by atoms with Gasteiger partial charge in [0, 0.05) is 30.5 Å². The second-order valence-electron chi connectivity index (χ2n) is 8.83. The minimum atomic E-state index is -0.309. The van der Waals surface area contributed by atoms with E-state index in [9.17, 15) is 14.3 Å². The number of rotatable bonds is 6. The van der Waals surface area contributed by atoms with Gasteiger partial charge in [-0.25, -0.2) is 4.39 Å². The third kappa shape index (κ3) is 3.30. The Balaban J connectivity index is 1.29. The van der Waals surface area contributed by atoms with Crippen LogP contribution < -0.4 is 0 Å². The maximum atomic E-state index is 13.0. The number of carbonyl (C=O) groups is 1. The number of aliphatic hydroxyl groups is 1. The summed E-state index contributed by atoms with van der Waals surface area (Å²) in [6.45, 7) is 6.48. The summed E-state index contributed by atoms with van der Waals surface area (Å²) in [7, 11) is 0. The van der Waals surface area contributed by atoms with Gasteiger partial charge in [-0.2, -0.15) is 4.80 Å². The first-order valence-corrected chi connectivity index (χ1v) is 9.75. The van der Waals surface area contributed by atoms with Crippen LogP contribution in [0.4, 0.5) is 4.39 Å². The van der Waals surface area contributed by atoms with Crippen molar-refractivity contribution in [2.45, 2.75) is 39.7 Å². The maximum Gasteiger partial charge on any atom is 0.222 e. The molecule has 7 nitrogen and oxygen atoms in total. The van der Waals surface area contributed by atoms with E-state index in [0.29, 0.717) is 43.2 Å². The molecule has 4 rings (SSSR count). The van der Waals surface area contributed by atoms with Crippen molar-refractivity contribution in [3.63, 3.8) is 0 Å². The standard InChI is InChI=1S/C20H26FN5O2/c1-19(2)11-20(13-27)12-25(10-16(19)20)17(28)4-3-9-26-23-18(22-24-26)14-5-7-15(21)8-6-14/h5-8,16,27H,3-4,9-13H2,1-2H3/t16-,20-/m1/s1. The van der Waals surface area contributed by atoms with Gasteiger partial charge >= 0.3 is 0 Å². The van der Waals surface area contributed by atoms with Gasteiger partial charge in [-0.1, -0.05) is 13.8 Å². The minimum Gasteiger partial charge on any atom is -0.396 e. The van der Waals surface area contributed by atoms with E-state index in [1.54, 1.807) is 12.1 Å². The van der Waals surface area contributed by atoms with Crippen LogP contribution in [0.1, 0.15) is 33.1 Å². The van der Waals surface area contributed by atoms with Crippen molar-refractivity contribution in [3.05, 3.63) is 30.1 Å². The van der Waals surface area contributed by atoms with Crippen molar-refractivity contribution in [1.29, 1.82) is 0 Å². The second kappa shape index (κ2) is 6.92. The largest absolute Gasteiger partial charge is 0.396 e. The monoisotopic (exact) mass is 387 g/mol. The van der Waals surface area contributed by atoms with Gasteiger partial charge in [0.1, 0.15) is 5.82 Å². The number of halogens is 1. The normalized spacial score (nSPS) is 25.4. The molecule has 28 heavy (non-hydrogen) atoms. The van der Waals surface area contributed by atoms with Crippen LogP contribution in [0.2, 0.25) is 0 Å². The van der Waals surface area contributed by atoms with E-state index >= 15 is 0 Å². The molecule has 0 bridgehead atoms. The predicted molar refractivity (Wildman–Crippen MR) is 100 cm³/mol. The number of carbonyl (C=O) groups excluding carboxylic acids is 1. The molecule has 2 aromatic rings. The van der Waals surface area contributed by atoms with Gasteiger partial charge in [0.05, 0.1) is 13.2 Å². The van der Waals surface area contributed by atoms with E-state index in [2.05, 4.69) is 29.3 Å². The summed E-state index contributed by atoms with van der Waals surface area (Å²) >= 11 is 0. The Bertz CT molecular complexity index is 866. The fraction of sp³-hybridized carbons (Fsp3) is 0.600. The van der Waals surface area contributed by atoms with Crippen LogP contribution in [0.5, 0.6) is 0 Å². The van der Waals surface area contributed by atoms with Crippen LogP contribution >= 0.6 is 0 Å². The second-order valence-corrected chi connectivity index (χ2v) is 8.83. The number of aliphatic hydroxyl groups excluding tert-OH is 1. The van der Waals surface area contributed by atoms with Gasteiger partial charge < -0.3 is 10.0 Å². The smallest absolute Gasteiger partial charge is 0.222 e. The van der Waals surface area contributed by atoms with Gasteiger partial charge in [-0.05, 0) is 53.7 Å². The summed E-state index contributed by atoms with van der Waals surface area (Å²) in [5.74, 6) is 0.632.